The van der Waals surface area contributed by atoms with Crippen LogP contribution in [0.4, 0.5) is 15.9 Å². The van der Waals surface area contributed by atoms with Crippen LogP contribution in [-0.2, 0) is 0 Å². The van der Waals surface area contributed by atoms with Crippen LogP contribution in [0.5, 0.6) is 0 Å². The largest absolute Gasteiger partial charge is 0.368 e. The highest BCUT2D eigenvalue weighted by Crippen LogP contribution is 2.27. The number of likely N-dealkylation sites (N-methyl/N-ethyl adjacent to an activating group) is 1. The molecule has 184 valence electrons. The second-order valence-electron chi connectivity index (χ2n) is 9.42. The Bertz CT molecular complexity index is 1150. The Hall–Kier alpha value is -3.23. The fourth-order valence-corrected chi connectivity index (χ4v) is 4.88. The maximum Gasteiger partial charge on any atom is 0.251 e. The van der Waals surface area contributed by atoms with Crippen molar-refractivity contribution in [2.24, 2.45) is 0 Å². The molecule has 8 heteroatoms. The second-order valence-corrected chi connectivity index (χ2v) is 9.42. The quantitative estimate of drug-likeness (QED) is 0.591. The molecule has 35 heavy (non-hydrogen) atoms. The van der Waals surface area contributed by atoms with Crippen LogP contribution in [0.15, 0.2) is 54.7 Å². The number of benzene rings is 2. The number of nitrogens with zero attached hydrogens (tertiary/aromatic N) is 5. The summed E-state index contributed by atoms with van der Waals surface area (Å²) in [5.74, 6) is 0.650. The number of aromatic nitrogens is 1. The normalized spacial score (nSPS) is 17.7. The lowest BCUT2D eigenvalue weighted by molar-refractivity contribution is 0.0941. The van der Waals surface area contributed by atoms with Crippen molar-refractivity contribution in [1.82, 2.24) is 20.1 Å². The van der Waals surface area contributed by atoms with Crippen LogP contribution in [0, 0.1) is 5.82 Å². The van der Waals surface area contributed by atoms with Crippen molar-refractivity contribution >= 4 is 28.2 Å². The van der Waals surface area contributed by atoms with Gasteiger partial charge in [-0.15, -0.1) is 0 Å². The summed E-state index contributed by atoms with van der Waals surface area (Å²) in [6.07, 6.45) is 1.83. The van der Waals surface area contributed by atoms with Crippen LogP contribution in [0.25, 0.3) is 10.8 Å². The van der Waals surface area contributed by atoms with E-state index >= 15 is 0 Å². The summed E-state index contributed by atoms with van der Waals surface area (Å²) in [7, 11) is 2.15. The third-order valence-corrected chi connectivity index (χ3v) is 7.09. The molecule has 2 aromatic carbocycles. The van der Waals surface area contributed by atoms with Crippen LogP contribution >= 0.6 is 0 Å². The Morgan fingerprint density at radius 3 is 2.37 bits per heavy atom. The Kier molecular flexibility index (Phi) is 7.11. The molecule has 2 aliphatic heterocycles. The molecule has 0 saturated carbocycles. The van der Waals surface area contributed by atoms with Gasteiger partial charge in [-0.05, 0) is 54.9 Å². The van der Waals surface area contributed by atoms with E-state index in [9.17, 15) is 9.18 Å². The Morgan fingerprint density at radius 1 is 0.914 bits per heavy atom. The lowest BCUT2D eigenvalue weighted by Crippen LogP contribution is -2.47. The van der Waals surface area contributed by atoms with Gasteiger partial charge in [0.15, 0.2) is 0 Å². The second kappa shape index (κ2) is 10.6. The van der Waals surface area contributed by atoms with Crippen LogP contribution in [0.2, 0.25) is 0 Å². The highest BCUT2D eigenvalue weighted by molar-refractivity contribution is 6.01. The number of anilines is 2. The van der Waals surface area contributed by atoms with Gasteiger partial charge in [0.1, 0.15) is 11.6 Å². The molecular formula is C27H33FN6O. The van der Waals surface area contributed by atoms with Gasteiger partial charge in [0.05, 0.1) is 0 Å². The number of carbonyl (C=O) groups is 1. The Balaban J connectivity index is 1.23. The van der Waals surface area contributed by atoms with Gasteiger partial charge in [0, 0.05) is 88.3 Å². The molecule has 2 aliphatic rings. The van der Waals surface area contributed by atoms with Gasteiger partial charge in [0.2, 0.25) is 0 Å². The molecule has 3 heterocycles. The van der Waals surface area contributed by atoms with E-state index in [1.807, 2.05) is 42.6 Å². The highest BCUT2D eigenvalue weighted by Gasteiger charge is 2.21. The van der Waals surface area contributed by atoms with E-state index in [1.54, 1.807) is 0 Å². The molecule has 1 amide bonds. The minimum Gasteiger partial charge on any atom is -0.368 e. The summed E-state index contributed by atoms with van der Waals surface area (Å²) in [6.45, 7) is 9.04. The third kappa shape index (κ3) is 5.55. The van der Waals surface area contributed by atoms with E-state index < -0.39 is 0 Å². The summed E-state index contributed by atoms with van der Waals surface area (Å²) in [5.41, 5.74) is 1.70. The molecule has 0 aliphatic carbocycles. The SMILES string of the molecule is CN1CCN(CCNC(=O)c2ccc3ccnc(N4CCN(c5ccc(F)cc5)CC4)c3c2)CC1. The summed E-state index contributed by atoms with van der Waals surface area (Å²) in [6, 6.07) is 14.5. The van der Waals surface area contributed by atoms with E-state index in [0.717, 1.165) is 81.2 Å². The number of hydrogen-bond acceptors (Lipinski definition) is 6. The van der Waals surface area contributed by atoms with Crippen LogP contribution < -0.4 is 15.1 Å². The van der Waals surface area contributed by atoms with E-state index in [4.69, 9.17) is 0 Å². The van der Waals surface area contributed by atoms with Crippen LogP contribution in [-0.4, -0.2) is 93.2 Å². The van der Waals surface area contributed by atoms with Crippen LogP contribution in [0.1, 0.15) is 10.4 Å². The number of carbonyl (C=O) groups excluding carboxylic acids is 1. The number of amides is 1. The fourth-order valence-electron chi connectivity index (χ4n) is 4.88. The number of rotatable bonds is 6. The molecule has 3 aromatic rings. The molecule has 7 nitrogen and oxygen atoms in total. The summed E-state index contributed by atoms with van der Waals surface area (Å²) >= 11 is 0. The van der Waals surface area contributed by atoms with Gasteiger partial charge in [-0.25, -0.2) is 9.37 Å². The average molecular weight is 477 g/mol. The van der Waals surface area contributed by atoms with Crippen molar-refractivity contribution < 1.29 is 9.18 Å². The predicted molar refractivity (Wildman–Crippen MR) is 139 cm³/mol. The number of fused-ring (bicyclic) bond motifs is 1. The minimum atomic E-state index is -0.216. The van der Waals surface area contributed by atoms with Gasteiger partial charge in [-0.2, -0.15) is 0 Å². The zero-order chi connectivity index (χ0) is 24.2. The maximum absolute atomic E-state index is 13.3. The molecule has 2 fully saturated rings. The molecule has 5 rings (SSSR count). The van der Waals surface area contributed by atoms with Crippen molar-refractivity contribution in [3.05, 3.63) is 66.1 Å². The van der Waals surface area contributed by atoms with E-state index in [0.29, 0.717) is 12.1 Å². The predicted octanol–water partition coefficient (Wildman–Crippen LogP) is 2.68. The molecule has 0 bridgehead atoms. The summed E-state index contributed by atoms with van der Waals surface area (Å²) in [5, 5.41) is 5.16. The van der Waals surface area contributed by atoms with Gasteiger partial charge < -0.3 is 20.0 Å². The van der Waals surface area contributed by atoms with Gasteiger partial charge in [-0.3, -0.25) is 9.69 Å². The number of piperazine rings is 2. The van der Waals surface area contributed by atoms with Crippen LogP contribution in [0.3, 0.4) is 0 Å². The van der Waals surface area contributed by atoms with Gasteiger partial charge in [-0.1, -0.05) is 6.07 Å². The minimum absolute atomic E-state index is 0.0445. The lowest BCUT2D eigenvalue weighted by atomic mass is 10.1. The van der Waals surface area contributed by atoms with Gasteiger partial charge >= 0.3 is 0 Å². The molecule has 0 spiro atoms. The average Bonchev–Trinajstić information content (AvgIpc) is 2.90. The topological polar surface area (TPSA) is 55.0 Å². The molecule has 0 atom stereocenters. The first-order valence-corrected chi connectivity index (χ1v) is 12.4. The van der Waals surface area contributed by atoms with Crippen molar-refractivity contribution in [3.8, 4) is 0 Å². The summed E-state index contributed by atoms with van der Waals surface area (Å²) in [4.78, 5) is 26.8. The zero-order valence-electron chi connectivity index (χ0n) is 20.3. The molecule has 1 aromatic heterocycles. The molecule has 0 radical (unpaired) electrons. The Labute approximate surface area is 206 Å². The van der Waals surface area contributed by atoms with Crippen molar-refractivity contribution in [2.75, 3.05) is 82.3 Å². The van der Waals surface area contributed by atoms with Crippen molar-refractivity contribution in [2.45, 2.75) is 0 Å². The fraction of sp³-hybridized carbons (Fsp3) is 0.407. The molecular weight excluding hydrogens is 443 g/mol. The third-order valence-electron chi connectivity index (χ3n) is 7.09. The van der Waals surface area contributed by atoms with E-state index in [1.165, 1.54) is 12.1 Å². The number of pyridine rings is 1. The standard InChI is InChI=1S/C27H33FN6O/c1-31-12-14-32(15-13-31)11-10-30-27(35)22-3-2-21-8-9-29-26(25(21)20-22)34-18-16-33(17-19-34)24-6-4-23(28)5-7-24/h2-9,20H,10-19H2,1H3,(H,30,35). The highest BCUT2D eigenvalue weighted by atomic mass is 19.1. The first-order chi connectivity index (χ1) is 17.1. The number of nitrogens with one attached hydrogen (secondary N) is 1. The lowest BCUT2D eigenvalue weighted by Gasteiger charge is -2.37. The van der Waals surface area contributed by atoms with Gasteiger partial charge in [0.25, 0.3) is 5.91 Å². The van der Waals surface area contributed by atoms with E-state index in [2.05, 4.69) is 36.9 Å². The monoisotopic (exact) mass is 476 g/mol. The maximum atomic E-state index is 13.3. The zero-order valence-corrected chi connectivity index (χ0v) is 20.3. The van der Waals surface area contributed by atoms with Crippen molar-refractivity contribution in [1.29, 1.82) is 0 Å². The number of halogens is 1. The molecule has 2 saturated heterocycles. The Morgan fingerprint density at radius 2 is 1.63 bits per heavy atom. The molecule has 0 unspecified atom stereocenters. The first-order valence-electron chi connectivity index (χ1n) is 12.4. The molecule has 1 N–H and O–H groups in total. The van der Waals surface area contributed by atoms with E-state index in [-0.39, 0.29) is 11.7 Å². The number of hydrogen-bond donors (Lipinski definition) is 1. The first kappa shape index (κ1) is 23.5. The van der Waals surface area contributed by atoms with Crippen molar-refractivity contribution in [3.63, 3.8) is 0 Å². The smallest absolute Gasteiger partial charge is 0.251 e. The summed E-state index contributed by atoms with van der Waals surface area (Å²) < 4.78 is 13.3.